The molecule has 0 atom stereocenters. The minimum absolute atomic E-state index is 0.270. The summed E-state index contributed by atoms with van der Waals surface area (Å²) in [6.45, 7) is 2.10. The van der Waals surface area contributed by atoms with E-state index in [-0.39, 0.29) is 12.5 Å². The van der Waals surface area contributed by atoms with Crippen molar-refractivity contribution in [3.63, 3.8) is 0 Å². The van der Waals surface area contributed by atoms with E-state index < -0.39 is 5.91 Å². The number of hydrazine groups is 1. The molecule has 0 aliphatic carbocycles. The Kier molecular flexibility index (Phi) is 6.75. The van der Waals surface area contributed by atoms with E-state index in [9.17, 15) is 9.59 Å². The number of halogens is 2. The molecule has 3 aromatic rings. The highest BCUT2D eigenvalue weighted by Gasteiger charge is 2.11. The number of aryl methyl sites for hydroxylation is 1. The van der Waals surface area contributed by atoms with Gasteiger partial charge in [-0.3, -0.25) is 20.4 Å². The van der Waals surface area contributed by atoms with Crippen LogP contribution in [0.3, 0.4) is 0 Å². The Morgan fingerprint density at radius 3 is 2.31 bits per heavy atom. The predicted molar refractivity (Wildman–Crippen MR) is 113 cm³/mol. The lowest BCUT2D eigenvalue weighted by Crippen LogP contribution is -2.41. The third kappa shape index (κ3) is 5.50. The van der Waals surface area contributed by atoms with Gasteiger partial charge in [0.1, 0.15) is 12.4 Å². The molecule has 0 saturated carbocycles. The normalized spacial score (nSPS) is 10.3. The molecule has 0 radical (unpaired) electrons. The van der Waals surface area contributed by atoms with Crippen molar-refractivity contribution in [1.29, 1.82) is 0 Å². The zero-order valence-corrected chi connectivity index (χ0v) is 17.1. The number of hydrogen-bond acceptors (Lipinski definition) is 3. The molecule has 2 N–H and O–H groups in total. The summed E-state index contributed by atoms with van der Waals surface area (Å²) < 4.78 is 5.67. The van der Waals surface area contributed by atoms with Gasteiger partial charge in [-0.2, -0.15) is 0 Å². The molecule has 5 nitrogen and oxygen atoms in total. The smallest absolute Gasteiger partial charge is 0.269 e. The van der Waals surface area contributed by atoms with Crippen molar-refractivity contribution >= 4 is 35.0 Å². The number of carbonyl (C=O) groups is 2. The SMILES string of the molecule is Cc1ccccc1C(=O)NNC(=O)c1ccc(COc2cc(Cl)ccc2Cl)cc1. The summed E-state index contributed by atoms with van der Waals surface area (Å²) >= 11 is 12.0. The fourth-order valence-corrected chi connectivity index (χ4v) is 2.92. The molecule has 3 rings (SSSR count). The molecule has 3 aromatic carbocycles. The molecule has 0 heterocycles. The lowest BCUT2D eigenvalue weighted by atomic mass is 10.1. The average Bonchev–Trinajstić information content (AvgIpc) is 2.73. The van der Waals surface area contributed by atoms with E-state index in [1.54, 1.807) is 54.6 Å². The molecule has 0 saturated heterocycles. The molecule has 2 amide bonds. The van der Waals surface area contributed by atoms with Gasteiger partial charge in [-0.15, -0.1) is 0 Å². The Balaban J connectivity index is 1.55. The molecule has 0 fully saturated rings. The van der Waals surface area contributed by atoms with Gasteiger partial charge in [0.25, 0.3) is 11.8 Å². The van der Waals surface area contributed by atoms with Crippen molar-refractivity contribution in [2.45, 2.75) is 13.5 Å². The zero-order valence-electron chi connectivity index (χ0n) is 15.5. The molecule has 0 unspecified atom stereocenters. The van der Waals surface area contributed by atoms with Gasteiger partial charge in [0.15, 0.2) is 0 Å². The monoisotopic (exact) mass is 428 g/mol. The molecule has 0 aromatic heterocycles. The lowest BCUT2D eigenvalue weighted by molar-refractivity contribution is 0.0846. The summed E-state index contributed by atoms with van der Waals surface area (Å²) in [5.74, 6) is -0.308. The highest BCUT2D eigenvalue weighted by Crippen LogP contribution is 2.28. The number of hydrogen-bond donors (Lipinski definition) is 2. The van der Waals surface area contributed by atoms with Crippen molar-refractivity contribution < 1.29 is 14.3 Å². The highest BCUT2D eigenvalue weighted by molar-refractivity contribution is 6.34. The van der Waals surface area contributed by atoms with E-state index in [2.05, 4.69) is 10.9 Å². The maximum Gasteiger partial charge on any atom is 0.269 e. The fraction of sp³-hybridized carbons (Fsp3) is 0.0909. The van der Waals surface area contributed by atoms with Crippen molar-refractivity contribution in [2.24, 2.45) is 0 Å². The van der Waals surface area contributed by atoms with E-state index in [1.165, 1.54) is 0 Å². The molecule has 7 heteroatoms. The van der Waals surface area contributed by atoms with Crippen LogP contribution in [-0.2, 0) is 6.61 Å². The van der Waals surface area contributed by atoms with Crippen molar-refractivity contribution in [2.75, 3.05) is 0 Å². The summed E-state index contributed by atoms with van der Waals surface area (Å²) in [6.07, 6.45) is 0. The van der Waals surface area contributed by atoms with Crippen LogP contribution in [0.4, 0.5) is 0 Å². The molecule has 0 bridgehead atoms. The van der Waals surface area contributed by atoms with Crippen LogP contribution < -0.4 is 15.6 Å². The Labute approximate surface area is 178 Å². The van der Waals surface area contributed by atoms with Crippen LogP contribution in [-0.4, -0.2) is 11.8 Å². The number of ether oxygens (including phenoxy) is 1. The van der Waals surface area contributed by atoms with E-state index in [0.717, 1.165) is 11.1 Å². The van der Waals surface area contributed by atoms with Gasteiger partial charge >= 0.3 is 0 Å². The van der Waals surface area contributed by atoms with Crippen LogP contribution in [0.5, 0.6) is 5.75 Å². The second-order valence-corrected chi connectivity index (χ2v) is 7.13. The number of carbonyl (C=O) groups excluding carboxylic acids is 2. The van der Waals surface area contributed by atoms with Crippen LogP contribution in [0.15, 0.2) is 66.7 Å². The predicted octanol–water partition coefficient (Wildman–Crippen LogP) is 4.96. The van der Waals surface area contributed by atoms with Gasteiger partial charge in [0.05, 0.1) is 5.02 Å². The number of amides is 2. The standard InChI is InChI=1S/C22H18Cl2N2O3/c1-14-4-2-3-5-18(14)22(28)26-25-21(27)16-8-6-15(7-9-16)13-29-20-12-17(23)10-11-19(20)24/h2-12H,13H2,1H3,(H,25,27)(H,26,28). The van der Waals surface area contributed by atoms with Crippen LogP contribution >= 0.6 is 23.2 Å². The van der Waals surface area contributed by atoms with Crippen LogP contribution in [0, 0.1) is 6.92 Å². The summed E-state index contributed by atoms with van der Waals surface area (Å²) in [7, 11) is 0. The number of nitrogens with one attached hydrogen (secondary N) is 2. The summed E-state index contributed by atoms with van der Waals surface area (Å²) in [6, 6.07) is 18.9. The Morgan fingerprint density at radius 1 is 0.897 bits per heavy atom. The minimum Gasteiger partial charge on any atom is -0.487 e. The first-order valence-electron chi connectivity index (χ1n) is 8.77. The second kappa shape index (κ2) is 9.45. The van der Waals surface area contributed by atoms with Crippen molar-refractivity contribution in [3.8, 4) is 5.75 Å². The third-order valence-corrected chi connectivity index (χ3v) is 4.73. The first-order valence-corrected chi connectivity index (χ1v) is 9.53. The summed E-state index contributed by atoms with van der Waals surface area (Å²) in [5.41, 5.74) is 7.41. The second-order valence-electron chi connectivity index (χ2n) is 6.28. The zero-order chi connectivity index (χ0) is 20.8. The lowest BCUT2D eigenvalue weighted by Gasteiger charge is -2.10. The average molecular weight is 429 g/mol. The van der Waals surface area contributed by atoms with E-state index >= 15 is 0 Å². The van der Waals surface area contributed by atoms with Crippen LogP contribution in [0.25, 0.3) is 0 Å². The van der Waals surface area contributed by atoms with Gasteiger partial charge in [-0.1, -0.05) is 53.5 Å². The highest BCUT2D eigenvalue weighted by atomic mass is 35.5. The fourth-order valence-electron chi connectivity index (χ4n) is 2.58. The van der Waals surface area contributed by atoms with Gasteiger partial charge in [0.2, 0.25) is 0 Å². The molecular weight excluding hydrogens is 411 g/mol. The van der Waals surface area contributed by atoms with Gasteiger partial charge in [0, 0.05) is 22.2 Å². The first kappa shape index (κ1) is 20.7. The van der Waals surface area contributed by atoms with Gasteiger partial charge < -0.3 is 4.74 Å². The first-order chi connectivity index (χ1) is 13.9. The number of benzene rings is 3. The minimum atomic E-state index is -0.419. The molecule has 0 spiro atoms. The van der Waals surface area contributed by atoms with E-state index in [0.29, 0.717) is 26.9 Å². The number of rotatable bonds is 5. The molecule has 0 aliphatic rings. The molecule has 148 valence electrons. The van der Waals surface area contributed by atoms with Crippen molar-refractivity contribution in [1.82, 2.24) is 10.9 Å². The van der Waals surface area contributed by atoms with Crippen LogP contribution in [0.2, 0.25) is 10.0 Å². The Morgan fingerprint density at radius 2 is 1.59 bits per heavy atom. The van der Waals surface area contributed by atoms with E-state index in [4.69, 9.17) is 27.9 Å². The maximum atomic E-state index is 12.2. The van der Waals surface area contributed by atoms with E-state index in [1.807, 2.05) is 19.1 Å². The van der Waals surface area contributed by atoms with Crippen LogP contribution in [0.1, 0.15) is 31.8 Å². The molecule has 29 heavy (non-hydrogen) atoms. The Bertz CT molecular complexity index is 1040. The largest absolute Gasteiger partial charge is 0.487 e. The quantitative estimate of drug-likeness (QED) is 0.564. The van der Waals surface area contributed by atoms with Gasteiger partial charge in [-0.25, -0.2) is 0 Å². The summed E-state index contributed by atoms with van der Waals surface area (Å²) in [5, 5.41) is 0.999. The molecular formula is C22H18Cl2N2O3. The van der Waals surface area contributed by atoms with Gasteiger partial charge in [-0.05, 0) is 48.4 Å². The van der Waals surface area contributed by atoms with Crippen molar-refractivity contribution in [3.05, 3.63) is 99.0 Å². The third-order valence-electron chi connectivity index (χ3n) is 4.18. The Hall–Kier alpha value is -3.02. The topological polar surface area (TPSA) is 67.4 Å². The summed E-state index contributed by atoms with van der Waals surface area (Å²) in [4.78, 5) is 24.4. The molecule has 0 aliphatic heterocycles. The maximum absolute atomic E-state index is 12.2.